The van der Waals surface area contributed by atoms with Crippen molar-refractivity contribution in [1.29, 1.82) is 0 Å². The molecule has 0 aliphatic rings. The minimum absolute atomic E-state index is 0.0111. The monoisotopic (exact) mass is 292 g/mol. The molecule has 0 rings (SSSR count). The molecule has 0 aromatic rings. The van der Waals surface area contributed by atoms with E-state index in [4.69, 9.17) is 9.47 Å². The zero-order chi connectivity index (χ0) is 16.3. The first-order valence-electron chi connectivity index (χ1n) is 6.78. The minimum atomic E-state index is -0.748. The highest BCUT2D eigenvalue weighted by atomic mass is 16.6. The summed E-state index contributed by atoms with van der Waals surface area (Å²) >= 11 is 0. The van der Waals surface area contributed by atoms with Gasteiger partial charge in [-0.25, -0.2) is 0 Å². The SMILES string of the molecule is C=C/C=C\C=C\C(C)(C)OC(=O)[C@@H](C)CC(=O)OCC=C. The van der Waals surface area contributed by atoms with Gasteiger partial charge < -0.3 is 9.47 Å². The van der Waals surface area contributed by atoms with Gasteiger partial charge >= 0.3 is 11.9 Å². The number of carbonyl (C=O) groups is 2. The summed E-state index contributed by atoms with van der Waals surface area (Å²) in [6.07, 6.45) is 10.2. The van der Waals surface area contributed by atoms with Crippen LogP contribution in [-0.2, 0) is 19.1 Å². The number of carbonyl (C=O) groups excluding carboxylic acids is 2. The average molecular weight is 292 g/mol. The number of esters is 2. The summed E-state index contributed by atoms with van der Waals surface area (Å²) in [4.78, 5) is 23.4. The summed E-state index contributed by atoms with van der Waals surface area (Å²) in [7, 11) is 0. The van der Waals surface area contributed by atoms with E-state index in [0.717, 1.165) is 0 Å². The van der Waals surface area contributed by atoms with Crippen LogP contribution in [0.3, 0.4) is 0 Å². The summed E-state index contributed by atoms with van der Waals surface area (Å²) in [5, 5.41) is 0. The first-order valence-corrected chi connectivity index (χ1v) is 6.78. The van der Waals surface area contributed by atoms with E-state index in [1.807, 2.05) is 0 Å². The lowest BCUT2D eigenvalue weighted by Crippen LogP contribution is -2.30. The molecule has 21 heavy (non-hydrogen) atoms. The van der Waals surface area contributed by atoms with Crippen LogP contribution >= 0.6 is 0 Å². The number of rotatable bonds is 9. The molecule has 0 bridgehead atoms. The summed E-state index contributed by atoms with van der Waals surface area (Å²) in [5.74, 6) is -1.44. The number of hydrogen-bond acceptors (Lipinski definition) is 4. The van der Waals surface area contributed by atoms with Crippen LogP contribution in [-0.4, -0.2) is 24.1 Å². The van der Waals surface area contributed by atoms with Crippen molar-refractivity contribution in [3.05, 3.63) is 49.6 Å². The van der Waals surface area contributed by atoms with Gasteiger partial charge in [0.1, 0.15) is 12.2 Å². The van der Waals surface area contributed by atoms with Crippen molar-refractivity contribution in [2.24, 2.45) is 5.92 Å². The lowest BCUT2D eigenvalue weighted by molar-refractivity contribution is -0.160. The van der Waals surface area contributed by atoms with Crippen molar-refractivity contribution in [3.8, 4) is 0 Å². The van der Waals surface area contributed by atoms with Gasteiger partial charge in [0.05, 0.1) is 12.3 Å². The summed E-state index contributed by atoms with van der Waals surface area (Å²) in [5.41, 5.74) is -0.748. The first kappa shape index (κ1) is 18.9. The van der Waals surface area contributed by atoms with E-state index in [1.165, 1.54) is 6.08 Å². The zero-order valence-electron chi connectivity index (χ0n) is 13.0. The van der Waals surface area contributed by atoms with Gasteiger partial charge in [-0.15, -0.1) is 0 Å². The van der Waals surface area contributed by atoms with Gasteiger partial charge in [0, 0.05) is 0 Å². The first-order chi connectivity index (χ1) is 9.82. The predicted octanol–water partition coefficient (Wildman–Crippen LogP) is 3.36. The van der Waals surface area contributed by atoms with Gasteiger partial charge in [0.15, 0.2) is 0 Å². The molecule has 1 atom stereocenters. The van der Waals surface area contributed by atoms with Crippen LogP contribution in [0.5, 0.6) is 0 Å². The average Bonchev–Trinajstić information content (AvgIpc) is 2.40. The molecular weight excluding hydrogens is 268 g/mol. The van der Waals surface area contributed by atoms with E-state index in [-0.39, 0.29) is 13.0 Å². The molecule has 0 saturated carbocycles. The third-order valence-corrected chi connectivity index (χ3v) is 2.46. The normalized spacial score (nSPS) is 13.1. The van der Waals surface area contributed by atoms with Gasteiger partial charge in [-0.1, -0.05) is 50.5 Å². The molecule has 0 aliphatic carbocycles. The van der Waals surface area contributed by atoms with E-state index < -0.39 is 23.5 Å². The molecule has 0 heterocycles. The van der Waals surface area contributed by atoms with Crippen LogP contribution in [0.2, 0.25) is 0 Å². The van der Waals surface area contributed by atoms with E-state index in [2.05, 4.69) is 13.2 Å². The molecule has 4 nitrogen and oxygen atoms in total. The second-order valence-electron chi connectivity index (χ2n) is 5.08. The quantitative estimate of drug-likeness (QED) is 0.371. The Labute approximate surface area is 126 Å². The molecule has 0 spiro atoms. The maximum absolute atomic E-state index is 11.9. The molecule has 0 aromatic carbocycles. The standard InChI is InChI=1S/C17H24O4/c1-6-8-9-10-11-17(4,5)21-16(19)14(3)13-15(18)20-12-7-2/h6-11,14H,1-2,12-13H2,3-5H3/b9-8-,11-10+/t14-/m0/s1. The second-order valence-corrected chi connectivity index (χ2v) is 5.08. The predicted molar refractivity (Wildman–Crippen MR) is 83.6 cm³/mol. The van der Waals surface area contributed by atoms with Crippen molar-refractivity contribution < 1.29 is 19.1 Å². The Morgan fingerprint density at radius 2 is 1.86 bits per heavy atom. The molecule has 0 aliphatic heterocycles. The largest absolute Gasteiger partial charge is 0.461 e. The molecule has 4 heteroatoms. The Morgan fingerprint density at radius 1 is 1.19 bits per heavy atom. The second kappa shape index (κ2) is 9.75. The topological polar surface area (TPSA) is 52.6 Å². The van der Waals surface area contributed by atoms with Crippen LogP contribution in [0.4, 0.5) is 0 Å². The van der Waals surface area contributed by atoms with Crippen LogP contribution in [0.25, 0.3) is 0 Å². The Morgan fingerprint density at radius 3 is 2.43 bits per heavy atom. The highest BCUT2D eigenvalue weighted by Crippen LogP contribution is 2.16. The molecule has 0 saturated heterocycles. The summed E-state index contributed by atoms with van der Waals surface area (Å²) in [6.45, 7) is 12.3. The number of hydrogen-bond donors (Lipinski definition) is 0. The van der Waals surface area contributed by atoms with Crippen molar-refractivity contribution >= 4 is 11.9 Å². The van der Waals surface area contributed by atoms with Crippen molar-refractivity contribution in [3.63, 3.8) is 0 Å². The van der Waals surface area contributed by atoms with Crippen molar-refractivity contribution in [2.75, 3.05) is 6.61 Å². The maximum Gasteiger partial charge on any atom is 0.310 e. The number of ether oxygens (including phenoxy) is 2. The molecule has 0 fully saturated rings. The molecule has 116 valence electrons. The van der Waals surface area contributed by atoms with Gasteiger partial charge in [0.2, 0.25) is 0 Å². The Balaban J connectivity index is 4.41. The van der Waals surface area contributed by atoms with E-state index in [9.17, 15) is 9.59 Å². The van der Waals surface area contributed by atoms with Gasteiger partial charge in [0.25, 0.3) is 0 Å². The highest BCUT2D eigenvalue weighted by molar-refractivity contribution is 5.80. The highest BCUT2D eigenvalue weighted by Gasteiger charge is 2.25. The van der Waals surface area contributed by atoms with Crippen LogP contribution in [0, 0.1) is 5.92 Å². The Kier molecular flexibility index (Phi) is 8.77. The fourth-order valence-corrected chi connectivity index (χ4v) is 1.37. The summed E-state index contributed by atoms with van der Waals surface area (Å²) < 4.78 is 10.2. The van der Waals surface area contributed by atoms with Crippen molar-refractivity contribution in [1.82, 2.24) is 0 Å². The lowest BCUT2D eigenvalue weighted by atomic mass is 10.1. The van der Waals surface area contributed by atoms with E-state index in [0.29, 0.717) is 0 Å². The molecule has 0 unspecified atom stereocenters. The zero-order valence-corrected chi connectivity index (χ0v) is 13.0. The maximum atomic E-state index is 11.9. The van der Waals surface area contributed by atoms with Crippen LogP contribution in [0.1, 0.15) is 27.2 Å². The fraction of sp³-hybridized carbons (Fsp3) is 0.412. The molecule has 0 aromatic heterocycles. The van der Waals surface area contributed by atoms with Crippen LogP contribution < -0.4 is 0 Å². The smallest absolute Gasteiger partial charge is 0.310 e. The van der Waals surface area contributed by atoms with Gasteiger partial charge in [-0.2, -0.15) is 0 Å². The van der Waals surface area contributed by atoms with Gasteiger partial charge in [-0.3, -0.25) is 9.59 Å². The molecule has 0 N–H and O–H groups in total. The molecule has 0 radical (unpaired) electrons. The van der Waals surface area contributed by atoms with Gasteiger partial charge in [-0.05, 0) is 19.9 Å². The summed E-state index contributed by atoms with van der Waals surface area (Å²) in [6, 6.07) is 0. The third-order valence-electron chi connectivity index (χ3n) is 2.46. The van der Waals surface area contributed by atoms with Crippen molar-refractivity contribution in [2.45, 2.75) is 32.8 Å². The Hall–Kier alpha value is -2.10. The molecule has 0 amide bonds. The Bertz CT molecular complexity index is 430. The third kappa shape index (κ3) is 9.44. The molecular formula is C17H24O4. The number of allylic oxidation sites excluding steroid dienone is 4. The fourth-order valence-electron chi connectivity index (χ4n) is 1.37. The van der Waals surface area contributed by atoms with E-state index >= 15 is 0 Å². The lowest BCUT2D eigenvalue weighted by Gasteiger charge is -2.23. The minimum Gasteiger partial charge on any atom is -0.461 e. The van der Waals surface area contributed by atoms with E-state index in [1.54, 1.807) is 51.2 Å². The van der Waals surface area contributed by atoms with Crippen LogP contribution in [0.15, 0.2) is 49.6 Å².